The molecule has 0 aliphatic carbocycles. The van der Waals surface area contributed by atoms with Gasteiger partial charge in [0, 0.05) is 17.5 Å². The zero-order valence-electron chi connectivity index (χ0n) is 7.90. The van der Waals surface area contributed by atoms with Crippen LogP contribution in [0.1, 0.15) is 5.69 Å². The highest BCUT2D eigenvalue weighted by atomic mass is 79.9. The molecule has 2 aromatic rings. The summed E-state index contributed by atoms with van der Waals surface area (Å²) in [7, 11) is 0. The number of alkyl halides is 1. The number of nitrogens with zero attached hydrogens (tertiary/aromatic N) is 1. The van der Waals surface area contributed by atoms with Gasteiger partial charge in [0.05, 0.1) is 10.4 Å². The smallest absolute Gasteiger partial charge is 0.173 e. The highest BCUT2D eigenvalue weighted by molar-refractivity contribution is 9.10. The lowest BCUT2D eigenvalue weighted by Crippen LogP contribution is -1.90. The van der Waals surface area contributed by atoms with E-state index in [2.05, 4.69) is 25.9 Å². The molecule has 84 valence electrons. The molecule has 0 saturated carbocycles. The molecule has 1 aromatic carbocycles. The van der Waals surface area contributed by atoms with E-state index in [1.54, 1.807) is 6.20 Å². The van der Waals surface area contributed by atoms with E-state index in [0.717, 1.165) is 6.07 Å². The van der Waals surface area contributed by atoms with Crippen LogP contribution >= 0.6 is 27.5 Å². The largest absolute Gasteiger partial charge is 0.341 e. The molecule has 0 bridgehead atoms. The van der Waals surface area contributed by atoms with Crippen LogP contribution in [-0.4, -0.2) is 9.97 Å². The van der Waals surface area contributed by atoms with Crippen LogP contribution in [0, 0.1) is 11.6 Å². The number of aromatic amines is 1. The number of H-pyrrole nitrogens is 1. The van der Waals surface area contributed by atoms with Crippen molar-refractivity contribution in [1.82, 2.24) is 9.97 Å². The summed E-state index contributed by atoms with van der Waals surface area (Å²) in [6.45, 7) is 0. The van der Waals surface area contributed by atoms with E-state index in [4.69, 9.17) is 11.6 Å². The number of hydrogen-bond acceptors (Lipinski definition) is 1. The number of halogens is 4. The standard InChI is InChI=1S/C10H6BrClF2N2/c11-8-6(1-2-7(13)9(8)14)10-15-4-5(3-12)16-10/h1-2,4H,3H2,(H,15,16). The molecule has 2 nitrogen and oxygen atoms in total. The van der Waals surface area contributed by atoms with Gasteiger partial charge in [-0.2, -0.15) is 0 Å². The molecule has 16 heavy (non-hydrogen) atoms. The number of benzene rings is 1. The van der Waals surface area contributed by atoms with Gasteiger partial charge in [-0.15, -0.1) is 11.6 Å². The molecule has 0 saturated heterocycles. The second-order valence-electron chi connectivity index (χ2n) is 3.11. The molecule has 0 atom stereocenters. The average molecular weight is 308 g/mol. The SMILES string of the molecule is Fc1ccc(-c2ncc(CCl)[nH]2)c(Br)c1F. The first-order valence-electron chi connectivity index (χ1n) is 4.37. The van der Waals surface area contributed by atoms with Crippen molar-refractivity contribution in [2.45, 2.75) is 5.88 Å². The maximum atomic E-state index is 13.3. The summed E-state index contributed by atoms with van der Waals surface area (Å²) in [5, 5.41) is 0. The normalized spacial score (nSPS) is 10.8. The molecule has 2 rings (SSSR count). The first kappa shape index (κ1) is 11.5. The van der Waals surface area contributed by atoms with E-state index in [-0.39, 0.29) is 10.4 Å². The predicted octanol–water partition coefficient (Wildman–Crippen LogP) is 3.86. The number of imidazole rings is 1. The van der Waals surface area contributed by atoms with E-state index < -0.39 is 11.6 Å². The number of rotatable bonds is 2. The fourth-order valence-corrected chi connectivity index (χ4v) is 1.92. The third-order valence-electron chi connectivity index (χ3n) is 2.06. The third kappa shape index (κ3) is 1.97. The van der Waals surface area contributed by atoms with Crippen molar-refractivity contribution < 1.29 is 8.78 Å². The first-order chi connectivity index (χ1) is 7.63. The molecule has 0 aliphatic rings. The summed E-state index contributed by atoms with van der Waals surface area (Å²) >= 11 is 8.60. The topological polar surface area (TPSA) is 28.7 Å². The average Bonchev–Trinajstić information content (AvgIpc) is 2.74. The Bertz CT molecular complexity index is 528. The Morgan fingerprint density at radius 2 is 2.12 bits per heavy atom. The molecular formula is C10H6BrClF2N2. The van der Waals surface area contributed by atoms with E-state index in [1.807, 2.05) is 0 Å². The highest BCUT2D eigenvalue weighted by Crippen LogP contribution is 2.29. The summed E-state index contributed by atoms with van der Waals surface area (Å²) in [5.41, 5.74) is 1.17. The lowest BCUT2D eigenvalue weighted by atomic mass is 10.2. The molecule has 1 aromatic heterocycles. The molecule has 1 N–H and O–H groups in total. The van der Waals surface area contributed by atoms with E-state index in [9.17, 15) is 8.78 Å². The van der Waals surface area contributed by atoms with Crippen LogP contribution in [0.5, 0.6) is 0 Å². The van der Waals surface area contributed by atoms with Gasteiger partial charge in [-0.3, -0.25) is 0 Å². The molecular weight excluding hydrogens is 301 g/mol. The molecule has 0 fully saturated rings. The van der Waals surface area contributed by atoms with Crippen molar-refractivity contribution in [2.24, 2.45) is 0 Å². The molecule has 0 unspecified atom stereocenters. The fourth-order valence-electron chi connectivity index (χ4n) is 1.27. The van der Waals surface area contributed by atoms with Crippen molar-refractivity contribution in [3.05, 3.63) is 40.1 Å². The Kier molecular flexibility index (Phi) is 3.25. The summed E-state index contributed by atoms with van der Waals surface area (Å²) in [6.07, 6.45) is 1.55. The Hall–Kier alpha value is -0.940. The van der Waals surface area contributed by atoms with Crippen molar-refractivity contribution in [3.8, 4) is 11.4 Å². The maximum Gasteiger partial charge on any atom is 0.173 e. The van der Waals surface area contributed by atoms with Gasteiger partial charge in [-0.1, -0.05) is 0 Å². The van der Waals surface area contributed by atoms with Crippen molar-refractivity contribution in [2.75, 3.05) is 0 Å². The monoisotopic (exact) mass is 306 g/mol. The third-order valence-corrected chi connectivity index (χ3v) is 3.13. The minimum atomic E-state index is -0.929. The first-order valence-corrected chi connectivity index (χ1v) is 5.70. The number of nitrogens with one attached hydrogen (secondary N) is 1. The van der Waals surface area contributed by atoms with Gasteiger partial charge in [-0.05, 0) is 28.1 Å². The van der Waals surface area contributed by atoms with Crippen molar-refractivity contribution in [3.63, 3.8) is 0 Å². The number of aromatic nitrogens is 2. The van der Waals surface area contributed by atoms with Crippen molar-refractivity contribution in [1.29, 1.82) is 0 Å². The van der Waals surface area contributed by atoms with Gasteiger partial charge in [0.15, 0.2) is 11.6 Å². The molecule has 1 heterocycles. The van der Waals surface area contributed by atoms with Crippen LogP contribution in [0.3, 0.4) is 0 Å². The Morgan fingerprint density at radius 1 is 1.38 bits per heavy atom. The molecule has 0 spiro atoms. The lowest BCUT2D eigenvalue weighted by molar-refractivity contribution is 0.504. The summed E-state index contributed by atoms with van der Waals surface area (Å²) in [5.74, 6) is -1.10. The zero-order valence-corrected chi connectivity index (χ0v) is 10.2. The second kappa shape index (κ2) is 4.51. The molecule has 0 aliphatic heterocycles. The van der Waals surface area contributed by atoms with E-state index in [1.165, 1.54) is 6.07 Å². The minimum absolute atomic E-state index is 0.0444. The van der Waals surface area contributed by atoms with E-state index >= 15 is 0 Å². The lowest BCUT2D eigenvalue weighted by Gasteiger charge is -2.02. The quantitative estimate of drug-likeness (QED) is 0.662. The van der Waals surface area contributed by atoms with Gasteiger partial charge >= 0.3 is 0 Å². The van der Waals surface area contributed by atoms with Crippen LogP contribution in [0.4, 0.5) is 8.78 Å². The van der Waals surface area contributed by atoms with Gasteiger partial charge in [0.25, 0.3) is 0 Å². The summed E-state index contributed by atoms with van der Waals surface area (Å²) < 4.78 is 26.2. The zero-order chi connectivity index (χ0) is 11.7. The molecule has 0 amide bonds. The highest BCUT2D eigenvalue weighted by Gasteiger charge is 2.14. The van der Waals surface area contributed by atoms with Gasteiger partial charge in [0.2, 0.25) is 0 Å². The van der Waals surface area contributed by atoms with Crippen molar-refractivity contribution >= 4 is 27.5 Å². The maximum absolute atomic E-state index is 13.3. The summed E-state index contributed by atoms with van der Waals surface area (Å²) in [4.78, 5) is 6.93. The number of hydrogen-bond donors (Lipinski definition) is 1. The van der Waals surface area contributed by atoms with Gasteiger partial charge < -0.3 is 4.98 Å². The van der Waals surface area contributed by atoms with Crippen LogP contribution < -0.4 is 0 Å². The van der Waals surface area contributed by atoms with Crippen LogP contribution in [-0.2, 0) is 5.88 Å². The van der Waals surface area contributed by atoms with Crippen LogP contribution in [0.15, 0.2) is 22.8 Å². The fraction of sp³-hybridized carbons (Fsp3) is 0.100. The van der Waals surface area contributed by atoms with E-state index in [0.29, 0.717) is 17.1 Å². The van der Waals surface area contributed by atoms with Gasteiger partial charge in [-0.25, -0.2) is 13.8 Å². The van der Waals surface area contributed by atoms with Crippen LogP contribution in [0.25, 0.3) is 11.4 Å². The minimum Gasteiger partial charge on any atom is -0.341 e. The van der Waals surface area contributed by atoms with Crippen LogP contribution in [0.2, 0.25) is 0 Å². The summed E-state index contributed by atoms with van der Waals surface area (Å²) in [6, 6.07) is 2.50. The second-order valence-corrected chi connectivity index (χ2v) is 4.17. The predicted molar refractivity (Wildman–Crippen MR) is 61.2 cm³/mol. The molecule has 0 radical (unpaired) electrons. The molecule has 6 heteroatoms. The Labute approximate surface area is 104 Å². The Balaban J connectivity index is 2.52. The Morgan fingerprint density at radius 3 is 2.75 bits per heavy atom. The van der Waals surface area contributed by atoms with Gasteiger partial charge in [0.1, 0.15) is 5.82 Å².